The highest BCUT2D eigenvalue weighted by molar-refractivity contribution is 7.89. The number of primary sulfonamides is 1. The van der Waals surface area contributed by atoms with Crippen LogP contribution in [0, 0.1) is 0 Å². The maximum absolute atomic E-state index is 13.0. The van der Waals surface area contributed by atoms with Crippen LogP contribution in [0.25, 0.3) is 33.2 Å². The third kappa shape index (κ3) is 5.55. The Morgan fingerprint density at radius 3 is 2.31 bits per heavy atom. The van der Waals surface area contributed by atoms with Crippen LogP contribution in [0.4, 0.5) is 0 Å². The average Bonchev–Trinajstić information content (AvgIpc) is 3.39. The zero-order valence-electron chi connectivity index (χ0n) is 21.3. The molecule has 0 fully saturated rings. The van der Waals surface area contributed by atoms with Gasteiger partial charge in [-0.2, -0.15) is 0 Å². The molecule has 2 N–H and O–H groups in total. The molecule has 0 amide bonds. The molecule has 0 aliphatic carbocycles. The van der Waals surface area contributed by atoms with Crippen molar-refractivity contribution in [2.75, 3.05) is 7.11 Å². The van der Waals surface area contributed by atoms with Crippen LogP contribution >= 0.6 is 0 Å². The summed E-state index contributed by atoms with van der Waals surface area (Å²) in [6.45, 7) is 1.63. The largest absolute Gasteiger partial charge is 0.497 e. The maximum atomic E-state index is 13.0. The molecule has 5 rings (SSSR count). The van der Waals surface area contributed by atoms with E-state index in [1.165, 1.54) is 12.1 Å². The first-order chi connectivity index (χ1) is 18.7. The number of ether oxygens (including phenoxy) is 2. The Kier molecular flexibility index (Phi) is 7.19. The number of rotatable bonds is 8. The van der Waals surface area contributed by atoms with Crippen LogP contribution in [0.1, 0.15) is 24.2 Å². The molecule has 1 unspecified atom stereocenters. The van der Waals surface area contributed by atoms with Crippen molar-refractivity contribution in [3.63, 3.8) is 0 Å². The molecular weight excluding hydrogens is 516 g/mol. The van der Waals surface area contributed by atoms with Crippen LogP contribution in [0.5, 0.6) is 5.75 Å². The van der Waals surface area contributed by atoms with Crippen molar-refractivity contribution >= 4 is 26.8 Å². The molecule has 1 heterocycles. The minimum absolute atomic E-state index is 0.0143. The monoisotopic (exact) mass is 542 g/mol. The number of methoxy groups -OCH3 is 1. The van der Waals surface area contributed by atoms with Gasteiger partial charge in [0.2, 0.25) is 10.0 Å². The van der Waals surface area contributed by atoms with Crippen LogP contribution in [-0.2, 0) is 26.2 Å². The number of sulfonamides is 1. The molecule has 198 valence electrons. The standard InChI is InChI=1S/C30H26N2O6S/c1-19(22-8-9-24-17-25(36-2)13-10-23(24)16-22)30(33)37-18-27-28(20-11-14-26(15-12-20)39(31,34)35)29(32-38-27)21-6-4-3-5-7-21/h3-17,19H,18H2,1-2H3,(H2,31,34,35). The highest BCUT2D eigenvalue weighted by Gasteiger charge is 2.23. The molecule has 0 saturated carbocycles. The van der Waals surface area contributed by atoms with Gasteiger partial charge in [0.25, 0.3) is 0 Å². The Bertz CT molecular complexity index is 1750. The van der Waals surface area contributed by atoms with Crippen molar-refractivity contribution in [3.05, 3.63) is 102 Å². The number of aromatic nitrogens is 1. The van der Waals surface area contributed by atoms with Gasteiger partial charge in [-0.05, 0) is 53.1 Å². The lowest BCUT2D eigenvalue weighted by molar-refractivity contribution is -0.147. The van der Waals surface area contributed by atoms with E-state index >= 15 is 0 Å². The molecule has 1 atom stereocenters. The number of nitrogens with two attached hydrogens (primary N) is 1. The zero-order chi connectivity index (χ0) is 27.6. The van der Waals surface area contributed by atoms with Crippen LogP contribution in [0.2, 0.25) is 0 Å². The second-order valence-corrected chi connectivity index (χ2v) is 10.6. The summed E-state index contributed by atoms with van der Waals surface area (Å²) in [6.07, 6.45) is 0. The summed E-state index contributed by atoms with van der Waals surface area (Å²) in [5, 5.41) is 11.5. The minimum Gasteiger partial charge on any atom is -0.497 e. The van der Waals surface area contributed by atoms with Crippen LogP contribution in [-0.4, -0.2) is 26.7 Å². The molecule has 0 spiro atoms. The van der Waals surface area contributed by atoms with Crippen molar-refractivity contribution in [2.45, 2.75) is 24.3 Å². The van der Waals surface area contributed by atoms with E-state index in [1.807, 2.05) is 66.7 Å². The van der Waals surface area contributed by atoms with Crippen molar-refractivity contribution in [1.82, 2.24) is 5.16 Å². The van der Waals surface area contributed by atoms with E-state index in [0.717, 1.165) is 27.6 Å². The Balaban J connectivity index is 1.41. The molecular formula is C30H26N2O6S. The number of esters is 1. The molecule has 0 aliphatic heterocycles. The first-order valence-electron chi connectivity index (χ1n) is 12.2. The molecule has 39 heavy (non-hydrogen) atoms. The Morgan fingerprint density at radius 2 is 1.62 bits per heavy atom. The van der Waals surface area contributed by atoms with Gasteiger partial charge in [0.05, 0.1) is 23.5 Å². The Morgan fingerprint density at radius 1 is 0.923 bits per heavy atom. The van der Waals surface area contributed by atoms with E-state index in [1.54, 1.807) is 26.2 Å². The van der Waals surface area contributed by atoms with E-state index in [4.69, 9.17) is 19.1 Å². The van der Waals surface area contributed by atoms with E-state index in [9.17, 15) is 13.2 Å². The Hall–Kier alpha value is -4.47. The summed E-state index contributed by atoms with van der Waals surface area (Å²) in [7, 11) is -2.23. The van der Waals surface area contributed by atoms with Gasteiger partial charge in [-0.25, -0.2) is 13.6 Å². The van der Waals surface area contributed by atoms with Gasteiger partial charge >= 0.3 is 5.97 Å². The predicted octanol–water partition coefficient (Wildman–Crippen LogP) is 5.66. The fraction of sp³-hybridized carbons (Fsp3) is 0.133. The van der Waals surface area contributed by atoms with E-state index in [-0.39, 0.29) is 11.5 Å². The van der Waals surface area contributed by atoms with E-state index in [0.29, 0.717) is 22.6 Å². The van der Waals surface area contributed by atoms with Gasteiger partial charge in [0.15, 0.2) is 12.4 Å². The van der Waals surface area contributed by atoms with Gasteiger partial charge in [0, 0.05) is 5.56 Å². The molecule has 0 radical (unpaired) electrons. The molecule has 8 nitrogen and oxygen atoms in total. The van der Waals surface area contributed by atoms with Crippen molar-refractivity contribution in [1.29, 1.82) is 0 Å². The zero-order valence-corrected chi connectivity index (χ0v) is 22.1. The van der Waals surface area contributed by atoms with Crippen LogP contribution < -0.4 is 9.88 Å². The second-order valence-electron chi connectivity index (χ2n) is 9.07. The second kappa shape index (κ2) is 10.7. The van der Waals surface area contributed by atoms with Crippen molar-refractivity contribution in [3.8, 4) is 28.1 Å². The third-order valence-electron chi connectivity index (χ3n) is 6.55. The van der Waals surface area contributed by atoms with Gasteiger partial charge in [-0.3, -0.25) is 4.79 Å². The number of fused-ring (bicyclic) bond motifs is 1. The summed E-state index contributed by atoms with van der Waals surface area (Å²) in [5.41, 5.74) is 3.40. The van der Waals surface area contributed by atoms with E-state index in [2.05, 4.69) is 5.16 Å². The third-order valence-corrected chi connectivity index (χ3v) is 7.48. The smallest absolute Gasteiger partial charge is 0.313 e. The molecule has 0 saturated heterocycles. The average molecular weight is 543 g/mol. The summed E-state index contributed by atoms with van der Waals surface area (Å²) >= 11 is 0. The fourth-order valence-corrected chi connectivity index (χ4v) is 4.88. The quantitative estimate of drug-likeness (QED) is 0.251. The predicted molar refractivity (Wildman–Crippen MR) is 147 cm³/mol. The lowest BCUT2D eigenvalue weighted by Gasteiger charge is -2.13. The first-order valence-corrected chi connectivity index (χ1v) is 13.7. The molecule has 0 bridgehead atoms. The summed E-state index contributed by atoms with van der Waals surface area (Å²) in [5.74, 6) is 0.157. The minimum atomic E-state index is -3.85. The number of hydrogen-bond acceptors (Lipinski definition) is 7. The summed E-state index contributed by atoms with van der Waals surface area (Å²) in [4.78, 5) is 13.0. The lowest BCUT2D eigenvalue weighted by atomic mass is 9.97. The lowest BCUT2D eigenvalue weighted by Crippen LogP contribution is -2.13. The fourth-order valence-electron chi connectivity index (χ4n) is 4.36. The van der Waals surface area contributed by atoms with Gasteiger partial charge in [-0.1, -0.05) is 71.9 Å². The van der Waals surface area contributed by atoms with Crippen molar-refractivity contribution in [2.24, 2.45) is 5.14 Å². The Labute approximate surface area is 226 Å². The topological polar surface area (TPSA) is 122 Å². The highest BCUT2D eigenvalue weighted by atomic mass is 32.2. The summed E-state index contributed by atoms with van der Waals surface area (Å²) in [6, 6.07) is 27.0. The highest BCUT2D eigenvalue weighted by Crippen LogP contribution is 2.36. The van der Waals surface area contributed by atoms with E-state index < -0.39 is 21.9 Å². The molecule has 9 heteroatoms. The molecule has 1 aromatic heterocycles. The normalized spacial score (nSPS) is 12.3. The van der Waals surface area contributed by atoms with Gasteiger partial charge in [0.1, 0.15) is 11.4 Å². The molecule has 5 aromatic rings. The number of carbonyl (C=O) groups is 1. The van der Waals surface area contributed by atoms with Crippen LogP contribution in [0.15, 0.2) is 100 Å². The number of hydrogen-bond donors (Lipinski definition) is 1. The first kappa shape index (κ1) is 26.1. The molecule has 0 aliphatic rings. The van der Waals surface area contributed by atoms with Gasteiger partial charge < -0.3 is 14.0 Å². The number of nitrogens with zero attached hydrogens (tertiary/aromatic N) is 1. The van der Waals surface area contributed by atoms with Crippen LogP contribution in [0.3, 0.4) is 0 Å². The SMILES string of the molecule is COc1ccc2cc(C(C)C(=O)OCc3onc(-c4ccccc4)c3-c3ccc(S(N)(=O)=O)cc3)ccc2c1. The maximum Gasteiger partial charge on any atom is 0.313 e. The van der Waals surface area contributed by atoms with Gasteiger partial charge in [-0.15, -0.1) is 0 Å². The number of carbonyl (C=O) groups excluding carboxylic acids is 1. The van der Waals surface area contributed by atoms with Crippen molar-refractivity contribution < 1.29 is 27.2 Å². The number of benzene rings is 4. The summed E-state index contributed by atoms with van der Waals surface area (Å²) < 4.78 is 40.1. The molecule has 4 aromatic carbocycles.